The van der Waals surface area contributed by atoms with Gasteiger partial charge in [-0.15, -0.1) is 0 Å². The van der Waals surface area contributed by atoms with Gasteiger partial charge in [0.15, 0.2) is 0 Å². The summed E-state index contributed by atoms with van der Waals surface area (Å²) >= 11 is 0. The van der Waals surface area contributed by atoms with Gasteiger partial charge in [0.25, 0.3) is 0 Å². The van der Waals surface area contributed by atoms with E-state index in [0.717, 1.165) is 17.7 Å². The molecular formula is C14H16N2O. The van der Waals surface area contributed by atoms with Crippen molar-refractivity contribution in [3.8, 4) is 5.75 Å². The van der Waals surface area contributed by atoms with E-state index < -0.39 is 0 Å². The molecule has 88 valence electrons. The summed E-state index contributed by atoms with van der Waals surface area (Å²) in [5.41, 5.74) is 7.84. The highest BCUT2D eigenvalue weighted by Gasteiger charge is 1.96. The Kier molecular flexibility index (Phi) is 4.11. The Morgan fingerprint density at radius 1 is 1.12 bits per heavy atom. The third-order valence-corrected chi connectivity index (χ3v) is 2.52. The molecule has 2 N–H and O–H groups in total. The van der Waals surface area contributed by atoms with Crippen LogP contribution >= 0.6 is 0 Å². The number of hydrogen-bond acceptors (Lipinski definition) is 3. The van der Waals surface area contributed by atoms with Crippen molar-refractivity contribution in [2.24, 2.45) is 5.73 Å². The molecule has 1 aromatic carbocycles. The molecule has 1 heterocycles. The van der Waals surface area contributed by atoms with Crippen LogP contribution in [-0.4, -0.2) is 11.6 Å². The summed E-state index contributed by atoms with van der Waals surface area (Å²) in [4.78, 5) is 4.07. The van der Waals surface area contributed by atoms with Crippen LogP contribution in [0.2, 0.25) is 0 Å². The summed E-state index contributed by atoms with van der Waals surface area (Å²) in [6, 6.07) is 11.9. The minimum atomic E-state index is 0.541. The van der Waals surface area contributed by atoms with Crippen LogP contribution in [0.1, 0.15) is 11.1 Å². The Morgan fingerprint density at radius 3 is 2.76 bits per heavy atom. The quantitative estimate of drug-likeness (QED) is 0.853. The molecule has 0 fully saturated rings. The molecule has 0 aliphatic rings. The molecule has 0 atom stereocenters. The zero-order valence-electron chi connectivity index (χ0n) is 9.67. The van der Waals surface area contributed by atoms with E-state index in [1.54, 1.807) is 6.20 Å². The lowest BCUT2D eigenvalue weighted by molar-refractivity contribution is 0.321. The Labute approximate surface area is 101 Å². The van der Waals surface area contributed by atoms with Crippen LogP contribution < -0.4 is 10.5 Å². The highest BCUT2D eigenvalue weighted by Crippen LogP contribution is 2.13. The molecule has 0 aliphatic carbocycles. The first-order valence-electron chi connectivity index (χ1n) is 5.69. The van der Waals surface area contributed by atoms with Gasteiger partial charge in [-0.05, 0) is 29.3 Å². The van der Waals surface area contributed by atoms with Crippen molar-refractivity contribution in [1.82, 2.24) is 4.98 Å². The molecule has 2 rings (SSSR count). The van der Waals surface area contributed by atoms with E-state index in [9.17, 15) is 0 Å². The van der Waals surface area contributed by atoms with Gasteiger partial charge in [0.05, 0.1) is 6.61 Å². The molecule has 17 heavy (non-hydrogen) atoms. The Balaban J connectivity index is 1.86. The molecule has 2 aromatic rings. The fraction of sp³-hybridized carbons (Fsp3) is 0.214. The van der Waals surface area contributed by atoms with E-state index in [2.05, 4.69) is 4.98 Å². The maximum Gasteiger partial charge on any atom is 0.119 e. The topological polar surface area (TPSA) is 48.1 Å². The molecule has 0 saturated carbocycles. The van der Waals surface area contributed by atoms with Gasteiger partial charge in [0, 0.05) is 25.4 Å². The summed E-state index contributed by atoms with van der Waals surface area (Å²) in [7, 11) is 0. The van der Waals surface area contributed by atoms with Crippen LogP contribution in [0.5, 0.6) is 5.75 Å². The predicted molar refractivity (Wildman–Crippen MR) is 67.8 cm³/mol. The van der Waals surface area contributed by atoms with Crippen molar-refractivity contribution in [3.63, 3.8) is 0 Å². The molecule has 0 radical (unpaired) electrons. The van der Waals surface area contributed by atoms with Crippen LogP contribution in [-0.2, 0) is 13.0 Å². The fourth-order valence-electron chi connectivity index (χ4n) is 1.59. The Hall–Kier alpha value is -1.87. The van der Waals surface area contributed by atoms with Gasteiger partial charge in [-0.1, -0.05) is 18.2 Å². The van der Waals surface area contributed by atoms with Crippen LogP contribution in [0.3, 0.4) is 0 Å². The molecule has 3 nitrogen and oxygen atoms in total. The normalized spacial score (nSPS) is 10.2. The van der Waals surface area contributed by atoms with Crippen molar-refractivity contribution in [3.05, 3.63) is 59.9 Å². The highest BCUT2D eigenvalue weighted by atomic mass is 16.5. The lowest BCUT2D eigenvalue weighted by atomic mass is 10.2. The lowest BCUT2D eigenvalue weighted by Crippen LogP contribution is -2.02. The van der Waals surface area contributed by atoms with E-state index in [-0.39, 0.29) is 0 Å². The number of nitrogens with zero attached hydrogens (tertiary/aromatic N) is 1. The first-order chi connectivity index (χ1) is 8.38. The molecule has 0 bridgehead atoms. The molecule has 0 unspecified atom stereocenters. The minimum Gasteiger partial charge on any atom is -0.493 e. The minimum absolute atomic E-state index is 0.541. The SMILES string of the molecule is NCc1cccc(OCCc2cccnc2)c1. The lowest BCUT2D eigenvalue weighted by Gasteiger charge is -2.07. The molecule has 0 spiro atoms. The van der Waals surface area contributed by atoms with E-state index in [1.165, 1.54) is 5.56 Å². The molecular weight excluding hydrogens is 212 g/mol. The highest BCUT2D eigenvalue weighted by molar-refractivity contribution is 5.28. The molecule has 3 heteroatoms. The van der Waals surface area contributed by atoms with E-state index in [4.69, 9.17) is 10.5 Å². The predicted octanol–water partition coefficient (Wildman–Crippen LogP) is 2.16. The first kappa shape index (κ1) is 11.6. The van der Waals surface area contributed by atoms with Gasteiger partial charge in [0.1, 0.15) is 5.75 Å². The second-order valence-corrected chi connectivity index (χ2v) is 3.81. The number of ether oxygens (including phenoxy) is 1. The van der Waals surface area contributed by atoms with Gasteiger partial charge < -0.3 is 10.5 Å². The molecule has 1 aromatic heterocycles. The van der Waals surface area contributed by atoms with Crippen LogP contribution in [0.4, 0.5) is 0 Å². The van der Waals surface area contributed by atoms with Crippen molar-refractivity contribution in [2.45, 2.75) is 13.0 Å². The van der Waals surface area contributed by atoms with Crippen LogP contribution in [0.25, 0.3) is 0 Å². The van der Waals surface area contributed by atoms with Crippen LogP contribution in [0, 0.1) is 0 Å². The number of pyridine rings is 1. The summed E-state index contributed by atoms with van der Waals surface area (Å²) in [6.07, 6.45) is 4.50. The Bertz CT molecular complexity index is 457. The van der Waals surface area contributed by atoms with Gasteiger partial charge in [0.2, 0.25) is 0 Å². The van der Waals surface area contributed by atoms with E-state index >= 15 is 0 Å². The van der Waals surface area contributed by atoms with Crippen molar-refractivity contribution >= 4 is 0 Å². The largest absolute Gasteiger partial charge is 0.493 e. The molecule has 0 saturated heterocycles. The van der Waals surface area contributed by atoms with Gasteiger partial charge in [-0.25, -0.2) is 0 Å². The second-order valence-electron chi connectivity index (χ2n) is 3.81. The zero-order valence-corrected chi connectivity index (χ0v) is 9.67. The van der Waals surface area contributed by atoms with Gasteiger partial charge >= 0.3 is 0 Å². The smallest absolute Gasteiger partial charge is 0.119 e. The van der Waals surface area contributed by atoms with Crippen molar-refractivity contribution < 1.29 is 4.74 Å². The van der Waals surface area contributed by atoms with Gasteiger partial charge in [-0.2, -0.15) is 0 Å². The average Bonchev–Trinajstić information content (AvgIpc) is 2.40. The number of benzene rings is 1. The maximum atomic E-state index is 5.67. The zero-order chi connectivity index (χ0) is 11.9. The number of aromatic nitrogens is 1. The monoisotopic (exact) mass is 228 g/mol. The Morgan fingerprint density at radius 2 is 2.00 bits per heavy atom. The van der Waals surface area contributed by atoms with Crippen molar-refractivity contribution in [1.29, 1.82) is 0 Å². The summed E-state index contributed by atoms with van der Waals surface area (Å²) < 4.78 is 5.67. The first-order valence-corrected chi connectivity index (χ1v) is 5.69. The fourth-order valence-corrected chi connectivity index (χ4v) is 1.59. The standard InChI is InChI=1S/C14H16N2O/c15-10-13-3-1-5-14(9-13)17-8-6-12-4-2-7-16-11-12/h1-5,7,9,11H,6,8,10,15H2. The second kappa shape index (κ2) is 6.01. The third-order valence-electron chi connectivity index (χ3n) is 2.52. The summed E-state index contributed by atoms with van der Waals surface area (Å²) in [5, 5.41) is 0. The maximum absolute atomic E-state index is 5.67. The summed E-state index contributed by atoms with van der Waals surface area (Å²) in [6.45, 7) is 1.19. The third kappa shape index (κ3) is 3.57. The van der Waals surface area contributed by atoms with Gasteiger partial charge in [-0.3, -0.25) is 4.98 Å². The van der Waals surface area contributed by atoms with E-state index in [1.807, 2.05) is 42.6 Å². The van der Waals surface area contributed by atoms with Crippen LogP contribution in [0.15, 0.2) is 48.8 Å². The van der Waals surface area contributed by atoms with Crippen molar-refractivity contribution in [2.75, 3.05) is 6.61 Å². The molecule has 0 amide bonds. The van der Waals surface area contributed by atoms with E-state index in [0.29, 0.717) is 13.2 Å². The number of hydrogen-bond donors (Lipinski definition) is 1. The molecule has 0 aliphatic heterocycles. The number of nitrogens with two attached hydrogens (primary N) is 1. The average molecular weight is 228 g/mol. The summed E-state index contributed by atoms with van der Waals surface area (Å²) in [5.74, 6) is 0.872. The number of rotatable bonds is 5.